The van der Waals surface area contributed by atoms with Gasteiger partial charge in [-0.25, -0.2) is 4.98 Å². The van der Waals surface area contributed by atoms with Crippen LogP contribution in [0.2, 0.25) is 0 Å². The van der Waals surface area contributed by atoms with E-state index in [-0.39, 0.29) is 6.54 Å². The highest BCUT2D eigenvalue weighted by molar-refractivity contribution is 5.79. The second-order valence-electron chi connectivity index (χ2n) is 5.79. The summed E-state index contributed by atoms with van der Waals surface area (Å²) in [4.78, 5) is 10.6. The predicted molar refractivity (Wildman–Crippen MR) is 89.2 cm³/mol. The van der Waals surface area contributed by atoms with E-state index in [4.69, 9.17) is 0 Å². The number of aliphatic imine (C=N–C) groups is 1. The SMILES string of the molecule is CN=C(NCCC(F)(F)F)NCc1ccnc(N2CCCCC2)c1. The fourth-order valence-electron chi connectivity index (χ4n) is 2.60. The van der Waals surface area contributed by atoms with Gasteiger partial charge in [0.1, 0.15) is 5.82 Å². The molecular weight excluding hydrogens is 319 g/mol. The van der Waals surface area contributed by atoms with Gasteiger partial charge in [-0.05, 0) is 37.0 Å². The first-order valence-corrected chi connectivity index (χ1v) is 8.19. The van der Waals surface area contributed by atoms with Crippen LogP contribution in [0.4, 0.5) is 19.0 Å². The number of hydrogen-bond donors (Lipinski definition) is 2. The molecule has 2 N–H and O–H groups in total. The summed E-state index contributed by atoms with van der Waals surface area (Å²) in [7, 11) is 1.54. The number of pyridine rings is 1. The number of rotatable bonds is 5. The zero-order valence-corrected chi connectivity index (χ0v) is 13.9. The van der Waals surface area contributed by atoms with Gasteiger partial charge in [-0.3, -0.25) is 4.99 Å². The maximum atomic E-state index is 12.2. The number of hydrogen-bond acceptors (Lipinski definition) is 3. The normalized spacial score (nSPS) is 16.2. The molecule has 0 atom stereocenters. The number of piperidine rings is 1. The molecule has 0 unspecified atom stereocenters. The molecule has 0 aliphatic carbocycles. The van der Waals surface area contributed by atoms with E-state index in [2.05, 4.69) is 25.5 Å². The molecule has 2 heterocycles. The van der Waals surface area contributed by atoms with Crippen molar-refractivity contribution >= 4 is 11.8 Å². The highest BCUT2D eigenvalue weighted by atomic mass is 19.4. The summed E-state index contributed by atoms with van der Waals surface area (Å²) in [5, 5.41) is 5.69. The first-order valence-electron chi connectivity index (χ1n) is 8.19. The molecule has 0 amide bonds. The van der Waals surface area contributed by atoms with Crippen LogP contribution in [0.25, 0.3) is 0 Å². The molecule has 0 bridgehead atoms. The smallest absolute Gasteiger partial charge is 0.357 e. The van der Waals surface area contributed by atoms with E-state index in [0.29, 0.717) is 12.5 Å². The Morgan fingerprint density at radius 3 is 2.67 bits per heavy atom. The molecule has 134 valence electrons. The first kappa shape index (κ1) is 18.4. The van der Waals surface area contributed by atoms with Gasteiger partial charge >= 0.3 is 6.18 Å². The van der Waals surface area contributed by atoms with Gasteiger partial charge in [-0.1, -0.05) is 0 Å². The van der Waals surface area contributed by atoms with Gasteiger partial charge in [-0.2, -0.15) is 13.2 Å². The summed E-state index contributed by atoms with van der Waals surface area (Å²) in [5.41, 5.74) is 1.02. The molecule has 0 aromatic carbocycles. The van der Waals surface area contributed by atoms with Crippen LogP contribution in [-0.2, 0) is 6.54 Å². The van der Waals surface area contributed by atoms with Crippen molar-refractivity contribution in [2.24, 2.45) is 4.99 Å². The van der Waals surface area contributed by atoms with E-state index in [9.17, 15) is 13.2 Å². The summed E-state index contributed by atoms with van der Waals surface area (Å²) in [5.74, 6) is 1.31. The zero-order valence-electron chi connectivity index (χ0n) is 13.9. The Hall–Kier alpha value is -1.99. The third-order valence-electron chi connectivity index (χ3n) is 3.87. The lowest BCUT2D eigenvalue weighted by atomic mass is 10.1. The predicted octanol–water partition coefficient (Wildman–Crippen LogP) is 2.69. The van der Waals surface area contributed by atoms with Crippen LogP contribution in [-0.4, -0.2) is 43.8 Å². The lowest BCUT2D eigenvalue weighted by molar-refractivity contribution is -0.132. The number of nitrogens with zero attached hydrogens (tertiary/aromatic N) is 3. The van der Waals surface area contributed by atoms with Gasteiger partial charge in [0.05, 0.1) is 6.42 Å². The monoisotopic (exact) mass is 343 g/mol. The van der Waals surface area contributed by atoms with Crippen molar-refractivity contribution < 1.29 is 13.2 Å². The van der Waals surface area contributed by atoms with Gasteiger partial charge < -0.3 is 15.5 Å². The Morgan fingerprint density at radius 1 is 1.25 bits per heavy atom. The van der Waals surface area contributed by atoms with E-state index in [1.54, 1.807) is 6.20 Å². The summed E-state index contributed by atoms with van der Waals surface area (Å²) < 4.78 is 36.5. The lowest BCUT2D eigenvalue weighted by Gasteiger charge is -2.28. The fourth-order valence-corrected chi connectivity index (χ4v) is 2.60. The highest BCUT2D eigenvalue weighted by Crippen LogP contribution is 2.19. The number of aromatic nitrogens is 1. The van der Waals surface area contributed by atoms with Crippen molar-refractivity contribution in [2.75, 3.05) is 31.6 Å². The Kier molecular flexibility index (Phi) is 6.69. The van der Waals surface area contributed by atoms with Crippen LogP contribution in [0.5, 0.6) is 0 Å². The molecule has 5 nitrogen and oxygen atoms in total. The largest absolute Gasteiger partial charge is 0.390 e. The van der Waals surface area contributed by atoms with Gasteiger partial charge in [0.25, 0.3) is 0 Å². The summed E-state index contributed by atoms with van der Waals surface area (Å²) in [6, 6.07) is 3.91. The molecule has 1 aliphatic heterocycles. The third kappa shape index (κ3) is 6.25. The average Bonchev–Trinajstić information content (AvgIpc) is 2.58. The van der Waals surface area contributed by atoms with Crippen LogP contribution < -0.4 is 15.5 Å². The molecule has 8 heteroatoms. The van der Waals surface area contributed by atoms with Crippen molar-refractivity contribution in [3.05, 3.63) is 23.9 Å². The second kappa shape index (κ2) is 8.75. The van der Waals surface area contributed by atoms with Gasteiger partial charge in [-0.15, -0.1) is 0 Å². The third-order valence-corrected chi connectivity index (χ3v) is 3.87. The van der Waals surface area contributed by atoms with E-state index in [1.165, 1.54) is 26.3 Å². The summed E-state index contributed by atoms with van der Waals surface area (Å²) in [6.45, 7) is 2.32. The molecule has 1 saturated heterocycles. The maximum absolute atomic E-state index is 12.2. The van der Waals surface area contributed by atoms with Crippen molar-refractivity contribution in [1.29, 1.82) is 0 Å². The zero-order chi connectivity index (χ0) is 17.4. The second-order valence-corrected chi connectivity index (χ2v) is 5.79. The van der Waals surface area contributed by atoms with Crippen LogP contribution in [0.1, 0.15) is 31.2 Å². The topological polar surface area (TPSA) is 52.6 Å². The van der Waals surface area contributed by atoms with Crippen molar-refractivity contribution in [2.45, 2.75) is 38.4 Å². The first-order chi connectivity index (χ1) is 11.5. The van der Waals surface area contributed by atoms with Crippen LogP contribution in [0, 0.1) is 0 Å². The van der Waals surface area contributed by atoms with Gasteiger partial charge in [0.15, 0.2) is 5.96 Å². The number of guanidine groups is 1. The molecule has 1 aromatic rings. The summed E-state index contributed by atoms with van der Waals surface area (Å²) in [6.07, 6.45) is 0.334. The van der Waals surface area contributed by atoms with Gasteiger partial charge in [0, 0.05) is 39.4 Å². The van der Waals surface area contributed by atoms with Crippen molar-refractivity contribution in [3.63, 3.8) is 0 Å². The minimum atomic E-state index is -4.17. The van der Waals surface area contributed by atoms with E-state index < -0.39 is 12.6 Å². The molecule has 0 radical (unpaired) electrons. The maximum Gasteiger partial charge on any atom is 0.390 e. The highest BCUT2D eigenvalue weighted by Gasteiger charge is 2.26. The molecule has 24 heavy (non-hydrogen) atoms. The van der Waals surface area contributed by atoms with E-state index >= 15 is 0 Å². The Balaban J connectivity index is 1.84. The van der Waals surface area contributed by atoms with Crippen LogP contribution in [0.15, 0.2) is 23.3 Å². The molecule has 2 rings (SSSR count). The van der Waals surface area contributed by atoms with Crippen molar-refractivity contribution in [3.8, 4) is 0 Å². The molecule has 1 aliphatic rings. The molecule has 0 spiro atoms. The molecule has 1 aromatic heterocycles. The summed E-state index contributed by atoms with van der Waals surface area (Å²) >= 11 is 0. The Morgan fingerprint density at radius 2 is 2.00 bits per heavy atom. The molecule has 1 fully saturated rings. The minimum Gasteiger partial charge on any atom is -0.357 e. The minimum absolute atomic E-state index is 0.196. The number of nitrogens with one attached hydrogen (secondary N) is 2. The average molecular weight is 343 g/mol. The molecule has 0 saturated carbocycles. The standard InChI is InChI=1S/C16H24F3N5/c1-20-15(22-8-6-16(17,18)19)23-12-13-5-7-21-14(11-13)24-9-3-2-4-10-24/h5,7,11H,2-4,6,8-10,12H2,1H3,(H2,20,22,23). The quantitative estimate of drug-likeness (QED) is 0.638. The number of halogens is 3. The lowest BCUT2D eigenvalue weighted by Crippen LogP contribution is -2.38. The number of anilines is 1. The van der Waals surface area contributed by atoms with Crippen LogP contribution >= 0.6 is 0 Å². The van der Waals surface area contributed by atoms with Crippen molar-refractivity contribution in [1.82, 2.24) is 15.6 Å². The van der Waals surface area contributed by atoms with E-state index in [0.717, 1.165) is 24.5 Å². The Labute approximate surface area is 140 Å². The fraction of sp³-hybridized carbons (Fsp3) is 0.625. The molecular formula is C16H24F3N5. The Bertz CT molecular complexity index is 539. The van der Waals surface area contributed by atoms with Crippen LogP contribution in [0.3, 0.4) is 0 Å². The van der Waals surface area contributed by atoms with Gasteiger partial charge in [0.2, 0.25) is 0 Å². The number of alkyl halides is 3. The van der Waals surface area contributed by atoms with E-state index in [1.807, 2.05) is 12.1 Å².